The zero-order chi connectivity index (χ0) is 15.1. The Bertz CT molecular complexity index is 851. The van der Waals surface area contributed by atoms with Gasteiger partial charge in [-0.25, -0.2) is 0 Å². The summed E-state index contributed by atoms with van der Waals surface area (Å²) in [6.45, 7) is 1.43. The van der Waals surface area contributed by atoms with E-state index in [0.29, 0.717) is 12.1 Å². The number of fused-ring (bicyclic) bond motifs is 3. The van der Waals surface area contributed by atoms with E-state index in [0.717, 1.165) is 13.0 Å². The minimum atomic E-state index is 0.0617. The van der Waals surface area contributed by atoms with Crippen molar-refractivity contribution in [1.29, 1.82) is 0 Å². The Kier molecular flexibility index (Phi) is 2.96. The number of aromatic nitrogens is 2. The Morgan fingerprint density at radius 1 is 1.18 bits per heavy atom. The molecular weight excluding hydrogens is 274 g/mol. The highest BCUT2D eigenvalue weighted by molar-refractivity contribution is 5.94. The average Bonchev–Trinajstić information content (AvgIpc) is 2.88. The zero-order valence-corrected chi connectivity index (χ0v) is 12.5. The number of rotatable bonds is 1. The Morgan fingerprint density at radius 2 is 2.05 bits per heavy atom. The number of hydrogen-bond acceptors (Lipinski definition) is 2. The number of pyridine rings is 1. The van der Waals surface area contributed by atoms with Crippen LogP contribution in [-0.4, -0.2) is 26.9 Å². The van der Waals surface area contributed by atoms with Gasteiger partial charge < -0.3 is 9.47 Å². The maximum Gasteiger partial charge on any atom is 0.255 e. The molecule has 1 amide bonds. The summed E-state index contributed by atoms with van der Waals surface area (Å²) in [5.74, 6) is 0.0617. The third kappa shape index (κ3) is 1.91. The lowest BCUT2D eigenvalue weighted by atomic mass is 10.0. The van der Waals surface area contributed by atoms with Crippen molar-refractivity contribution >= 4 is 16.8 Å². The molecule has 110 valence electrons. The highest BCUT2D eigenvalue weighted by atomic mass is 16.2. The molecule has 0 saturated heterocycles. The van der Waals surface area contributed by atoms with Gasteiger partial charge in [0, 0.05) is 61.1 Å². The van der Waals surface area contributed by atoms with Crippen LogP contribution in [0.25, 0.3) is 10.9 Å². The number of carbonyl (C=O) groups excluding carboxylic acids is 1. The molecule has 0 radical (unpaired) electrons. The fraction of sp³-hybridized carbons (Fsp3) is 0.222. The first-order valence-corrected chi connectivity index (χ1v) is 7.50. The van der Waals surface area contributed by atoms with E-state index < -0.39 is 0 Å². The molecule has 3 aromatic rings. The third-order valence-corrected chi connectivity index (χ3v) is 4.51. The largest absolute Gasteiger partial charge is 0.347 e. The molecule has 0 saturated carbocycles. The molecule has 1 aliphatic heterocycles. The molecule has 0 spiro atoms. The molecule has 4 heteroatoms. The fourth-order valence-corrected chi connectivity index (χ4v) is 3.38. The van der Waals surface area contributed by atoms with E-state index in [4.69, 9.17) is 0 Å². The van der Waals surface area contributed by atoms with Gasteiger partial charge in [0.15, 0.2) is 0 Å². The van der Waals surface area contributed by atoms with Crippen molar-refractivity contribution in [1.82, 2.24) is 14.5 Å². The minimum absolute atomic E-state index is 0.0617. The molecule has 1 aliphatic rings. The molecule has 0 aliphatic carbocycles. The van der Waals surface area contributed by atoms with E-state index in [2.05, 4.69) is 40.9 Å². The summed E-state index contributed by atoms with van der Waals surface area (Å²) in [4.78, 5) is 18.6. The van der Waals surface area contributed by atoms with Gasteiger partial charge in [0.2, 0.25) is 0 Å². The van der Waals surface area contributed by atoms with Crippen LogP contribution in [0.3, 0.4) is 0 Å². The van der Waals surface area contributed by atoms with Gasteiger partial charge in [0.25, 0.3) is 5.91 Å². The van der Waals surface area contributed by atoms with Crippen LogP contribution in [0.1, 0.15) is 21.6 Å². The van der Waals surface area contributed by atoms with Gasteiger partial charge >= 0.3 is 0 Å². The van der Waals surface area contributed by atoms with Crippen molar-refractivity contribution < 1.29 is 4.79 Å². The minimum Gasteiger partial charge on any atom is -0.347 e. The molecule has 3 heterocycles. The fourth-order valence-electron chi connectivity index (χ4n) is 3.38. The number of carbonyl (C=O) groups is 1. The maximum atomic E-state index is 12.6. The van der Waals surface area contributed by atoms with Crippen molar-refractivity contribution in [3.05, 3.63) is 65.6 Å². The summed E-state index contributed by atoms with van der Waals surface area (Å²) in [5.41, 5.74) is 4.52. The molecule has 22 heavy (non-hydrogen) atoms. The molecular formula is C18H17N3O. The molecule has 0 fully saturated rings. The number of benzene rings is 1. The monoisotopic (exact) mass is 291 g/mol. The van der Waals surface area contributed by atoms with Crippen LogP contribution < -0.4 is 0 Å². The summed E-state index contributed by atoms with van der Waals surface area (Å²) < 4.78 is 2.26. The first-order valence-electron chi connectivity index (χ1n) is 7.50. The lowest BCUT2D eigenvalue weighted by Gasteiger charge is -2.28. The lowest BCUT2D eigenvalue weighted by molar-refractivity contribution is 0.0734. The quantitative estimate of drug-likeness (QED) is 0.691. The SMILES string of the molecule is Cn1c2c(c3ccccc31)CN(C(=O)c1cccnc1)CC2. The van der Waals surface area contributed by atoms with Crippen molar-refractivity contribution in [2.45, 2.75) is 13.0 Å². The van der Waals surface area contributed by atoms with Gasteiger partial charge in [0.1, 0.15) is 0 Å². The van der Waals surface area contributed by atoms with Crippen LogP contribution in [0, 0.1) is 0 Å². The van der Waals surface area contributed by atoms with Gasteiger partial charge in [-0.1, -0.05) is 18.2 Å². The van der Waals surface area contributed by atoms with Crippen LogP contribution in [0.4, 0.5) is 0 Å². The van der Waals surface area contributed by atoms with E-state index in [1.165, 1.54) is 22.2 Å². The van der Waals surface area contributed by atoms with Crippen LogP contribution in [0.15, 0.2) is 48.8 Å². The van der Waals surface area contributed by atoms with Crippen molar-refractivity contribution in [2.24, 2.45) is 7.05 Å². The predicted octanol–water partition coefficient (Wildman–Crippen LogP) is 2.77. The van der Waals surface area contributed by atoms with Gasteiger partial charge in [0.05, 0.1) is 5.56 Å². The standard InChI is InChI=1S/C18H17N3O/c1-20-16-7-3-2-6-14(16)15-12-21(10-8-17(15)20)18(22)13-5-4-9-19-11-13/h2-7,9,11H,8,10,12H2,1H3. The molecule has 4 rings (SSSR count). The van der Waals surface area contributed by atoms with Gasteiger partial charge in [-0.15, -0.1) is 0 Å². The molecule has 1 aromatic carbocycles. The number of nitrogens with zero attached hydrogens (tertiary/aromatic N) is 3. The van der Waals surface area contributed by atoms with E-state index >= 15 is 0 Å². The Balaban J connectivity index is 1.73. The van der Waals surface area contributed by atoms with Crippen molar-refractivity contribution in [3.63, 3.8) is 0 Å². The Labute approximate surface area is 129 Å². The van der Waals surface area contributed by atoms with E-state index in [-0.39, 0.29) is 5.91 Å². The van der Waals surface area contributed by atoms with Crippen LogP contribution >= 0.6 is 0 Å². The predicted molar refractivity (Wildman–Crippen MR) is 85.6 cm³/mol. The zero-order valence-electron chi connectivity index (χ0n) is 12.5. The first-order chi connectivity index (χ1) is 10.8. The van der Waals surface area contributed by atoms with Gasteiger partial charge in [-0.05, 0) is 18.2 Å². The molecule has 4 nitrogen and oxygen atoms in total. The van der Waals surface area contributed by atoms with Crippen LogP contribution in [0.5, 0.6) is 0 Å². The maximum absolute atomic E-state index is 12.6. The van der Waals surface area contributed by atoms with Gasteiger partial charge in [-0.3, -0.25) is 9.78 Å². The van der Waals surface area contributed by atoms with Crippen LogP contribution in [-0.2, 0) is 20.0 Å². The topological polar surface area (TPSA) is 38.1 Å². The molecule has 0 bridgehead atoms. The van der Waals surface area contributed by atoms with E-state index in [1.807, 2.05) is 11.0 Å². The normalized spacial score (nSPS) is 14.1. The van der Waals surface area contributed by atoms with E-state index in [1.54, 1.807) is 18.5 Å². The van der Waals surface area contributed by atoms with E-state index in [9.17, 15) is 4.79 Å². The van der Waals surface area contributed by atoms with Crippen molar-refractivity contribution in [2.75, 3.05) is 6.54 Å². The number of hydrogen-bond donors (Lipinski definition) is 0. The highest BCUT2D eigenvalue weighted by Crippen LogP contribution is 2.30. The summed E-state index contributed by atoms with van der Waals surface area (Å²) in [6, 6.07) is 12.0. The molecule has 0 unspecified atom stereocenters. The number of para-hydroxylation sites is 1. The highest BCUT2D eigenvalue weighted by Gasteiger charge is 2.26. The van der Waals surface area contributed by atoms with Gasteiger partial charge in [-0.2, -0.15) is 0 Å². The summed E-state index contributed by atoms with van der Waals surface area (Å²) in [6.07, 6.45) is 4.23. The smallest absolute Gasteiger partial charge is 0.255 e. The first kappa shape index (κ1) is 13.1. The molecule has 0 atom stereocenters. The van der Waals surface area contributed by atoms with Crippen LogP contribution in [0.2, 0.25) is 0 Å². The summed E-state index contributed by atoms with van der Waals surface area (Å²) in [5, 5.41) is 1.25. The summed E-state index contributed by atoms with van der Waals surface area (Å²) in [7, 11) is 2.11. The number of amides is 1. The van der Waals surface area contributed by atoms with Crippen molar-refractivity contribution in [3.8, 4) is 0 Å². The molecule has 2 aromatic heterocycles. The molecule has 0 N–H and O–H groups in total. The number of aryl methyl sites for hydroxylation is 1. The second-order valence-corrected chi connectivity index (χ2v) is 5.72. The second kappa shape index (κ2) is 4.98. The summed E-state index contributed by atoms with van der Waals surface area (Å²) >= 11 is 0. The Hall–Kier alpha value is -2.62. The lowest BCUT2D eigenvalue weighted by Crippen LogP contribution is -2.36. The Morgan fingerprint density at radius 3 is 2.86 bits per heavy atom. The second-order valence-electron chi connectivity index (χ2n) is 5.72. The third-order valence-electron chi connectivity index (χ3n) is 4.51. The average molecular weight is 291 g/mol.